The van der Waals surface area contributed by atoms with Crippen molar-refractivity contribution in [3.63, 3.8) is 0 Å². The van der Waals surface area contributed by atoms with Crippen LogP contribution in [0.15, 0.2) is 6.07 Å². The molecule has 1 atom stereocenters. The first-order valence-corrected chi connectivity index (χ1v) is 8.76. The molecule has 7 heteroatoms. The molecule has 1 aromatic rings. The van der Waals surface area contributed by atoms with E-state index < -0.39 is 15.4 Å². The molecule has 0 aliphatic rings. The molecule has 0 radical (unpaired) electrons. The number of halogens is 1. The van der Waals surface area contributed by atoms with Gasteiger partial charge in [-0.1, -0.05) is 0 Å². The molecule has 1 heterocycles. The number of carbonyl (C=O) groups excluding carboxylic acids is 1. The number of nitrogens with one attached hydrogen (secondary N) is 1. The minimum Gasteiger partial charge on any atom is -0.348 e. The van der Waals surface area contributed by atoms with E-state index in [0.717, 1.165) is 17.6 Å². The molecule has 1 rings (SSSR count). The lowest BCUT2D eigenvalue weighted by molar-refractivity contribution is 0.0991. The fraction of sp³-hybridized carbons (Fsp3) is 0.615. The van der Waals surface area contributed by atoms with Crippen LogP contribution in [0.4, 0.5) is 0 Å². The van der Waals surface area contributed by atoms with Gasteiger partial charge in [0.05, 0.1) is 11.6 Å². The van der Waals surface area contributed by atoms with Crippen molar-refractivity contribution in [2.45, 2.75) is 39.1 Å². The number of aryl methyl sites for hydroxylation is 1. The molecule has 0 aliphatic heterocycles. The van der Waals surface area contributed by atoms with Gasteiger partial charge in [0, 0.05) is 30.0 Å². The largest absolute Gasteiger partial charge is 0.348 e. The van der Waals surface area contributed by atoms with Gasteiger partial charge < -0.3 is 4.57 Å². The van der Waals surface area contributed by atoms with E-state index in [1.807, 2.05) is 24.5 Å². The molecule has 0 fully saturated rings. The molecule has 0 saturated carbocycles. The van der Waals surface area contributed by atoms with Crippen molar-refractivity contribution < 1.29 is 13.2 Å². The maximum absolute atomic E-state index is 12.0. The van der Waals surface area contributed by atoms with E-state index in [4.69, 9.17) is 11.6 Å². The molecule has 20 heavy (non-hydrogen) atoms. The van der Waals surface area contributed by atoms with E-state index in [1.54, 1.807) is 6.92 Å². The van der Waals surface area contributed by atoms with Crippen molar-refractivity contribution >= 4 is 27.4 Å². The first-order chi connectivity index (χ1) is 9.13. The number of rotatable bonds is 7. The van der Waals surface area contributed by atoms with Gasteiger partial charge in [-0.05, 0) is 33.3 Å². The summed E-state index contributed by atoms with van der Waals surface area (Å²) >= 11 is 5.84. The molecule has 0 aromatic carbocycles. The van der Waals surface area contributed by atoms with Gasteiger partial charge in [-0.15, -0.1) is 11.6 Å². The summed E-state index contributed by atoms with van der Waals surface area (Å²) in [6.07, 6.45) is 1.80. The van der Waals surface area contributed by atoms with E-state index in [0.29, 0.717) is 25.1 Å². The Hall–Kier alpha value is -0.850. The molecule has 1 aromatic heterocycles. The monoisotopic (exact) mass is 320 g/mol. The number of Topliss-reactive ketones (excluding diaryl/α,β-unsaturated/α-hetero) is 1. The molecule has 0 aliphatic carbocycles. The van der Waals surface area contributed by atoms with Crippen LogP contribution in [-0.4, -0.2) is 36.9 Å². The van der Waals surface area contributed by atoms with Crippen molar-refractivity contribution in [1.82, 2.24) is 9.29 Å². The summed E-state index contributed by atoms with van der Waals surface area (Å²) in [4.78, 5) is 12.0. The van der Waals surface area contributed by atoms with Gasteiger partial charge in [-0.2, -0.15) is 0 Å². The van der Waals surface area contributed by atoms with Crippen LogP contribution in [0, 0.1) is 13.8 Å². The smallest absolute Gasteiger partial charge is 0.208 e. The SMILES string of the molecule is Cc1cc(C(=O)C(C)Cl)c(C)n1CCCNS(C)(=O)=O. The van der Waals surface area contributed by atoms with E-state index >= 15 is 0 Å². The van der Waals surface area contributed by atoms with Gasteiger partial charge in [0.2, 0.25) is 10.0 Å². The highest BCUT2D eigenvalue weighted by atomic mass is 35.5. The third-order valence-corrected chi connectivity index (χ3v) is 4.05. The third-order valence-electron chi connectivity index (χ3n) is 3.12. The summed E-state index contributed by atoms with van der Waals surface area (Å²) < 4.78 is 26.4. The second-order valence-corrected chi connectivity index (χ2v) is 7.42. The molecular formula is C13H21ClN2O3S. The van der Waals surface area contributed by atoms with Crippen LogP contribution >= 0.6 is 11.6 Å². The zero-order chi connectivity index (χ0) is 15.5. The van der Waals surface area contributed by atoms with Gasteiger partial charge >= 0.3 is 0 Å². The average Bonchev–Trinajstić information content (AvgIpc) is 2.59. The molecule has 0 bridgehead atoms. The van der Waals surface area contributed by atoms with Gasteiger partial charge in [0.15, 0.2) is 5.78 Å². The summed E-state index contributed by atoms with van der Waals surface area (Å²) in [6, 6.07) is 1.83. The number of nitrogens with zero attached hydrogens (tertiary/aromatic N) is 1. The zero-order valence-electron chi connectivity index (χ0n) is 12.2. The van der Waals surface area contributed by atoms with Crippen molar-refractivity contribution in [3.05, 3.63) is 23.0 Å². The van der Waals surface area contributed by atoms with Crippen LogP contribution in [0.1, 0.15) is 35.1 Å². The maximum Gasteiger partial charge on any atom is 0.208 e. The van der Waals surface area contributed by atoms with Gasteiger partial charge in [-0.3, -0.25) is 4.79 Å². The van der Waals surface area contributed by atoms with Crippen LogP contribution in [0.3, 0.4) is 0 Å². The summed E-state index contributed by atoms with van der Waals surface area (Å²) in [5.41, 5.74) is 2.49. The highest BCUT2D eigenvalue weighted by Crippen LogP contribution is 2.18. The molecule has 5 nitrogen and oxygen atoms in total. The Balaban J connectivity index is 2.75. The number of aromatic nitrogens is 1. The normalized spacial score (nSPS) is 13.4. The van der Waals surface area contributed by atoms with E-state index in [1.165, 1.54) is 0 Å². The predicted molar refractivity (Wildman–Crippen MR) is 81.0 cm³/mol. The lowest BCUT2D eigenvalue weighted by atomic mass is 10.1. The van der Waals surface area contributed by atoms with Crippen LogP contribution in [0.25, 0.3) is 0 Å². The van der Waals surface area contributed by atoms with Crippen molar-refractivity contribution in [3.8, 4) is 0 Å². The minimum atomic E-state index is -3.15. The number of ketones is 1. The standard InChI is InChI=1S/C13H21ClN2O3S/c1-9-8-12(13(17)10(2)14)11(3)16(9)7-5-6-15-20(4,18)19/h8,10,15H,5-7H2,1-4H3. The molecule has 0 saturated heterocycles. The average molecular weight is 321 g/mol. The number of hydrogen-bond acceptors (Lipinski definition) is 3. The number of carbonyl (C=O) groups is 1. The number of hydrogen-bond donors (Lipinski definition) is 1. The van der Waals surface area contributed by atoms with Crippen molar-refractivity contribution in [2.75, 3.05) is 12.8 Å². The quantitative estimate of drug-likeness (QED) is 0.473. The summed E-state index contributed by atoms with van der Waals surface area (Å²) in [5.74, 6) is -0.0831. The second-order valence-electron chi connectivity index (χ2n) is 4.94. The Morgan fingerprint density at radius 3 is 2.55 bits per heavy atom. The maximum atomic E-state index is 12.0. The molecule has 1 N–H and O–H groups in total. The minimum absolute atomic E-state index is 0.0831. The molecule has 0 amide bonds. The Bertz CT molecular complexity index is 591. The first kappa shape index (κ1) is 17.2. The summed E-state index contributed by atoms with van der Waals surface area (Å²) in [7, 11) is -3.15. The number of sulfonamides is 1. The van der Waals surface area contributed by atoms with Crippen molar-refractivity contribution in [1.29, 1.82) is 0 Å². The summed E-state index contributed by atoms with van der Waals surface area (Å²) in [5, 5.41) is -0.546. The molecule has 1 unspecified atom stereocenters. The highest BCUT2D eigenvalue weighted by molar-refractivity contribution is 7.88. The first-order valence-electron chi connectivity index (χ1n) is 6.43. The Morgan fingerprint density at radius 1 is 1.45 bits per heavy atom. The second kappa shape index (κ2) is 6.74. The fourth-order valence-electron chi connectivity index (χ4n) is 2.10. The Kier molecular flexibility index (Phi) is 5.79. The van der Waals surface area contributed by atoms with E-state index in [-0.39, 0.29) is 5.78 Å². The van der Waals surface area contributed by atoms with Gasteiger partial charge in [-0.25, -0.2) is 13.1 Å². The van der Waals surface area contributed by atoms with E-state index in [2.05, 4.69) is 4.72 Å². The molecule has 114 valence electrons. The molecule has 0 spiro atoms. The van der Waals surface area contributed by atoms with E-state index in [9.17, 15) is 13.2 Å². The van der Waals surface area contributed by atoms with Crippen LogP contribution < -0.4 is 4.72 Å². The Labute approximate surface area is 125 Å². The van der Waals surface area contributed by atoms with Crippen LogP contribution in [0.5, 0.6) is 0 Å². The van der Waals surface area contributed by atoms with Gasteiger partial charge in [0.1, 0.15) is 0 Å². The van der Waals surface area contributed by atoms with Crippen molar-refractivity contribution in [2.24, 2.45) is 0 Å². The lowest BCUT2D eigenvalue weighted by Gasteiger charge is -2.10. The fourth-order valence-corrected chi connectivity index (χ4v) is 2.74. The highest BCUT2D eigenvalue weighted by Gasteiger charge is 2.19. The lowest BCUT2D eigenvalue weighted by Crippen LogP contribution is -2.24. The Morgan fingerprint density at radius 2 is 2.05 bits per heavy atom. The summed E-state index contributed by atoms with van der Waals surface area (Å²) in [6.45, 7) is 6.50. The van der Waals surface area contributed by atoms with Gasteiger partial charge in [0.25, 0.3) is 0 Å². The van der Waals surface area contributed by atoms with Crippen LogP contribution in [0.2, 0.25) is 0 Å². The third kappa shape index (κ3) is 4.61. The zero-order valence-corrected chi connectivity index (χ0v) is 13.8. The predicted octanol–water partition coefficient (Wildman–Crippen LogP) is 1.85. The number of alkyl halides is 1. The topological polar surface area (TPSA) is 68.2 Å². The van der Waals surface area contributed by atoms with Crippen LogP contribution in [-0.2, 0) is 16.6 Å². The molecular weight excluding hydrogens is 300 g/mol.